The van der Waals surface area contributed by atoms with Crippen molar-refractivity contribution in [1.29, 1.82) is 0 Å². The van der Waals surface area contributed by atoms with E-state index in [4.69, 9.17) is 4.42 Å². The first-order valence-corrected chi connectivity index (χ1v) is 9.22. The molecule has 0 spiro atoms. The van der Waals surface area contributed by atoms with Gasteiger partial charge in [0.25, 0.3) is 5.69 Å². The summed E-state index contributed by atoms with van der Waals surface area (Å²) in [5.74, 6) is -0.494. The molecule has 0 fully saturated rings. The normalized spacial score (nSPS) is 11.1. The molecule has 0 saturated heterocycles. The van der Waals surface area contributed by atoms with Gasteiger partial charge in [-0.1, -0.05) is 6.08 Å². The lowest BCUT2D eigenvalue weighted by Gasteiger charge is -2.20. The number of non-ortho nitro benzene ring substituents is 1. The van der Waals surface area contributed by atoms with E-state index in [1.807, 2.05) is 26.0 Å². The van der Waals surface area contributed by atoms with Gasteiger partial charge in [0, 0.05) is 42.4 Å². The van der Waals surface area contributed by atoms with E-state index in [1.165, 1.54) is 42.5 Å². The summed E-state index contributed by atoms with van der Waals surface area (Å²) in [5, 5.41) is 11.3. The van der Waals surface area contributed by atoms with Crippen molar-refractivity contribution in [1.82, 2.24) is 0 Å². The quantitative estimate of drug-likeness (QED) is 0.194. The number of fused-ring (bicyclic) bond motifs is 1. The van der Waals surface area contributed by atoms with Crippen LogP contribution in [0.25, 0.3) is 17.0 Å². The van der Waals surface area contributed by atoms with E-state index in [0.717, 1.165) is 18.8 Å². The molecule has 0 unspecified atom stereocenters. The fraction of sp³-hybridized carbons (Fsp3) is 0.182. The summed E-state index contributed by atoms with van der Waals surface area (Å²) in [5.41, 5.74) is 1.18. The van der Waals surface area contributed by atoms with Crippen LogP contribution in [-0.2, 0) is 0 Å². The van der Waals surface area contributed by atoms with Gasteiger partial charge in [-0.2, -0.15) is 0 Å². The number of nitro benzene ring substituents is 1. The monoisotopic (exact) mass is 392 g/mol. The summed E-state index contributed by atoms with van der Waals surface area (Å²) < 4.78 is 5.38. The van der Waals surface area contributed by atoms with Crippen molar-refractivity contribution in [2.24, 2.45) is 0 Å². The molecule has 7 nitrogen and oxygen atoms in total. The molecule has 0 radical (unpaired) electrons. The molecular formula is C22H20N2O5. The summed E-state index contributed by atoms with van der Waals surface area (Å²) in [4.78, 5) is 37.1. The number of hydrogen-bond acceptors (Lipinski definition) is 6. The Morgan fingerprint density at radius 1 is 1.10 bits per heavy atom. The van der Waals surface area contributed by atoms with E-state index in [2.05, 4.69) is 4.90 Å². The van der Waals surface area contributed by atoms with Gasteiger partial charge in [-0.25, -0.2) is 4.79 Å². The average molecular weight is 392 g/mol. The summed E-state index contributed by atoms with van der Waals surface area (Å²) in [6.45, 7) is 5.75. The highest BCUT2D eigenvalue weighted by molar-refractivity contribution is 6.07. The van der Waals surface area contributed by atoms with Crippen LogP contribution in [0.4, 0.5) is 11.4 Å². The Hall–Kier alpha value is -3.74. The Balaban J connectivity index is 1.87. The predicted octanol–water partition coefficient (Wildman–Crippen LogP) is 4.44. The maximum absolute atomic E-state index is 12.5. The number of nitrogens with zero attached hydrogens (tertiary/aromatic N) is 2. The first-order valence-electron chi connectivity index (χ1n) is 9.22. The average Bonchev–Trinajstić information content (AvgIpc) is 2.72. The minimum absolute atomic E-state index is 0.0345. The maximum atomic E-state index is 12.5. The Morgan fingerprint density at radius 3 is 2.41 bits per heavy atom. The molecule has 29 heavy (non-hydrogen) atoms. The second-order valence-corrected chi connectivity index (χ2v) is 6.39. The van der Waals surface area contributed by atoms with E-state index in [-0.39, 0.29) is 11.3 Å². The van der Waals surface area contributed by atoms with Crippen LogP contribution >= 0.6 is 0 Å². The van der Waals surface area contributed by atoms with Crippen LogP contribution < -0.4 is 10.5 Å². The molecular weight excluding hydrogens is 372 g/mol. The number of carbonyl (C=O) groups excluding carboxylic acids is 1. The number of anilines is 1. The van der Waals surface area contributed by atoms with Crippen molar-refractivity contribution in [3.63, 3.8) is 0 Å². The summed E-state index contributed by atoms with van der Waals surface area (Å²) in [6.07, 6.45) is 2.75. The molecule has 3 aromatic rings. The van der Waals surface area contributed by atoms with Gasteiger partial charge in [0.1, 0.15) is 11.1 Å². The van der Waals surface area contributed by atoms with Gasteiger partial charge in [0.2, 0.25) is 0 Å². The molecule has 7 heteroatoms. The highest BCUT2D eigenvalue weighted by Gasteiger charge is 2.13. The fourth-order valence-corrected chi connectivity index (χ4v) is 3.03. The summed E-state index contributed by atoms with van der Waals surface area (Å²) in [6, 6.07) is 12.8. The van der Waals surface area contributed by atoms with Crippen LogP contribution in [0.2, 0.25) is 0 Å². The van der Waals surface area contributed by atoms with E-state index in [0.29, 0.717) is 16.5 Å². The molecule has 1 heterocycles. The van der Waals surface area contributed by atoms with Crippen LogP contribution in [0.1, 0.15) is 29.8 Å². The Bertz CT molecular complexity index is 1140. The molecule has 2 aromatic carbocycles. The van der Waals surface area contributed by atoms with Crippen molar-refractivity contribution >= 4 is 34.2 Å². The molecule has 0 saturated carbocycles. The second kappa shape index (κ2) is 8.52. The maximum Gasteiger partial charge on any atom is 0.347 e. The molecule has 0 bridgehead atoms. The number of ketones is 1. The van der Waals surface area contributed by atoms with Crippen molar-refractivity contribution in [2.45, 2.75) is 13.8 Å². The Kier molecular flexibility index (Phi) is 5.87. The van der Waals surface area contributed by atoms with E-state index < -0.39 is 16.3 Å². The molecule has 0 aliphatic rings. The number of hydrogen-bond donors (Lipinski definition) is 0. The Labute approximate surface area is 167 Å². The molecule has 0 aliphatic heterocycles. The van der Waals surface area contributed by atoms with Gasteiger partial charge in [0.15, 0.2) is 5.78 Å². The minimum atomic E-state index is -0.701. The zero-order valence-electron chi connectivity index (χ0n) is 16.1. The van der Waals surface area contributed by atoms with Crippen molar-refractivity contribution in [3.05, 3.63) is 86.3 Å². The standard InChI is InChI=1S/C22H20N2O5/c1-3-23(4-2)18-11-8-16-13-19(22(26)29-21(16)14-18)20(25)12-7-15-5-9-17(10-6-15)24(27)28/h5-14H,3-4H2,1-2H3/b12-7+. The molecule has 1 aromatic heterocycles. The molecule has 148 valence electrons. The third kappa shape index (κ3) is 4.40. The van der Waals surface area contributed by atoms with Gasteiger partial charge in [-0.3, -0.25) is 14.9 Å². The van der Waals surface area contributed by atoms with Crippen LogP contribution in [0.3, 0.4) is 0 Å². The summed E-state index contributed by atoms with van der Waals surface area (Å²) in [7, 11) is 0. The van der Waals surface area contributed by atoms with Gasteiger partial charge in [-0.15, -0.1) is 0 Å². The highest BCUT2D eigenvalue weighted by atomic mass is 16.6. The third-order valence-electron chi connectivity index (χ3n) is 4.64. The second-order valence-electron chi connectivity index (χ2n) is 6.39. The number of benzene rings is 2. The van der Waals surface area contributed by atoms with Gasteiger partial charge < -0.3 is 9.32 Å². The van der Waals surface area contributed by atoms with Gasteiger partial charge in [0.05, 0.1) is 4.92 Å². The lowest BCUT2D eigenvalue weighted by atomic mass is 10.1. The van der Waals surface area contributed by atoms with Crippen LogP contribution in [0.5, 0.6) is 0 Å². The van der Waals surface area contributed by atoms with Gasteiger partial charge in [-0.05, 0) is 55.8 Å². The first-order chi connectivity index (χ1) is 13.9. The number of allylic oxidation sites excluding steroid dienone is 1. The molecule has 0 aliphatic carbocycles. The molecule has 3 rings (SSSR count). The molecule has 0 N–H and O–H groups in total. The summed E-state index contributed by atoms with van der Waals surface area (Å²) >= 11 is 0. The fourth-order valence-electron chi connectivity index (χ4n) is 3.03. The first kappa shape index (κ1) is 20.0. The Morgan fingerprint density at radius 2 is 1.79 bits per heavy atom. The third-order valence-corrected chi connectivity index (χ3v) is 4.64. The topological polar surface area (TPSA) is 93.7 Å². The molecule has 0 atom stereocenters. The zero-order valence-corrected chi connectivity index (χ0v) is 16.1. The SMILES string of the molecule is CCN(CC)c1ccc2cc(C(=O)/C=C/c3ccc([N+](=O)[O-])cc3)c(=O)oc2c1. The van der Waals surface area contributed by atoms with E-state index in [9.17, 15) is 19.7 Å². The van der Waals surface area contributed by atoms with Crippen LogP contribution in [-0.4, -0.2) is 23.8 Å². The number of rotatable bonds is 7. The van der Waals surface area contributed by atoms with Crippen molar-refractivity contribution in [3.8, 4) is 0 Å². The van der Waals surface area contributed by atoms with Gasteiger partial charge >= 0.3 is 5.63 Å². The smallest absolute Gasteiger partial charge is 0.347 e. The number of nitro groups is 1. The van der Waals surface area contributed by atoms with E-state index >= 15 is 0 Å². The zero-order chi connectivity index (χ0) is 21.0. The van der Waals surface area contributed by atoms with Crippen LogP contribution in [0, 0.1) is 10.1 Å². The lowest BCUT2D eigenvalue weighted by Crippen LogP contribution is -2.21. The van der Waals surface area contributed by atoms with Crippen molar-refractivity contribution < 1.29 is 14.1 Å². The lowest BCUT2D eigenvalue weighted by molar-refractivity contribution is -0.384. The minimum Gasteiger partial charge on any atom is -0.422 e. The van der Waals surface area contributed by atoms with E-state index in [1.54, 1.807) is 6.07 Å². The predicted molar refractivity (Wildman–Crippen MR) is 113 cm³/mol. The highest BCUT2D eigenvalue weighted by Crippen LogP contribution is 2.22. The largest absolute Gasteiger partial charge is 0.422 e. The molecule has 0 amide bonds. The van der Waals surface area contributed by atoms with Crippen molar-refractivity contribution in [2.75, 3.05) is 18.0 Å². The van der Waals surface area contributed by atoms with Crippen LogP contribution in [0.15, 0.2) is 63.8 Å². The number of carbonyl (C=O) groups is 1.